The molecule has 0 amide bonds. The van der Waals surface area contributed by atoms with Gasteiger partial charge < -0.3 is 9.71 Å². The van der Waals surface area contributed by atoms with Gasteiger partial charge in [0.15, 0.2) is 0 Å². The highest BCUT2D eigenvalue weighted by molar-refractivity contribution is 7.26. The third-order valence-corrected chi connectivity index (χ3v) is 14.3. The maximum atomic E-state index is 2.71. The third kappa shape index (κ3) is 4.44. The molecule has 3 aliphatic rings. The van der Waals surface area contributed by atoms with Gasteiger partial charge in [0.2, 0.25) is 0 Å². The molecule has 58 heavy (non-hydrogen) atoms. The molecule has 4 heteroatoms. The van der Waals surface area contributed by atoms with Gasteiger partial charge in [0.05, 0.1) is 21.5 Å². The summed E-state index contributed by atoms with van der Waals surface area (Å²) in [6.45, 7) is 9.12. The van der Waals surface area contributed by atoms with Gasteiger partial charge in [0.1, 0.15) is 0 Å². The summed E-state index contributed by atoms with van der Waals surface area (Å²) in [6, 6.07) is 66.8. The number of aryl methyl sites for hydroxylation is 1. The maximum Gasteiger partial charge on any atom is 0.333 e. The van der Waals surface area contributed by atoms with E-state index in [0.717, 1.165) is 0 Å². The molecule has 0 N–H and O–H groups in total. The Hall–Kier alpha value is -6.36. The normalized spacial score (nSPS) is 14.6. The molecule has 2 nitrogen and oxygen atoms in total. The number of thiophene rings is 1. The molecule has 9 aromatic rings. The summed E-state index contributed by atoms with van der Waals surface area (Å²) in [4.78, 5) is 5.33. The number of anilines is 5. The Bertz CT molecular complexity index is 3080. The van der Waals surface area contributed by atoms with Crippen molar-refractivity contribution in [3.63, 3.8) is 0 Å². The lowest BCUT2D eigenvalue weighted by molar-refractivity contribution is 0.590. The average Bonchev–Trinajstić information content (AvgIpc) is 3.64. The third-order valence-electron chi connectivity index (χ3n) is 13.1. The van der Waals surface area contributed by atoms with Crippen molar-refractivity contribution in [2.45, 2.75) is 38.5 Å². The van der Waals surface area contributed by atoms with Gasteiger partial charge in [-0.05, 0) is 92.5 Å². The first-order chi connectivity index (χ1) is 28.3. The van der Waals surface area contributed by atoms with Crippen LogP contribution in [0.3, 0.4) is 0 Å². The molecule has 1 aromatic heterocycles. The van der Waals surface area contributed by atoms with Crippen LogP contribution in [0, 0.1) is 6.92 Å². The molecule has 0 spiro atoms. The van der Waals surface area contributed by atoms with Crippen LogP contribution in [-0.2, 0) is 10.8 Å². The van der Waals surface area contributed by atoms with Crippen LogP contribution in [0.25, 0.3) is 31.3 Å². The maximum absolute atomic E-state index is 2.71. The zero-order chi connectivity index (χ0) is 38.9. The molecule has 0 unspecified atom stereocenters. The van der Waals surface area contributed by atoms with E-state index in [1.807, 2.05) is 11.3 Å². The van der Waals surface area contributed by atoms with Crippen LogP contribution in [0.2, 0.25) is 0 Å². The van der Waals surface area contributed by atoms with Gasteiger partial charge in [-0.25, -0.2) is 0 Å². The Kier molecular flexibility index (Phi) is 7.03. The van der Waals surface area contributed by atoms with Crippen LogP contribution in [0.1, 0.15) is 54.2 Å². The van der Waals surface area contributed by atoms with Gasteiger partial charge in [-0.2, -0.15) is 0 Å². The topological polar surface area (TPSA) is 6.48 Å². The summed E-state index contributed by atoms with van der Waals surface area (Å²) in [5.41, 5.74) is 18.8. The SMILES string of the molecule is Cc1cc2c3c(c1)N1c4ccccc4C(c4ccccc4)(c4ccccc4)c4cccc(c41)B3N(c1ccc(C(C)(C)C)cc1)c1c-2ccc2c1sc1ccccc12. The number of hydrogen-bond donors (Lipinski definition) is 0. The summed E-state index contributed by atoms with van der Waals surface area (Å²) in [5.74, 6) is 0. The second kappa shape index (κ2) is 12.1. The first kappa shape index (κ1) is 33.8. The molecule has 0 saturated carbocycles. The van der Waals surface area contributed by atoms with E-state index in [4.69, 9.17) is 0 Å². The van der Waals surface area contributed by atoms with E-state index in [1.54, 1.807) is 0 Å². The Balaban J connectivity index is 1.24. The number of nitrogens with zero attached hydrogens (tertiary/aromatic N) is 2. The molecule has 12 rings (SSSR count). The van der Waals surface area contributed by atoms with Crippen molar-refractivity contribution in [1.29, 1.82) is 0 Å². The highest BCUT2D eigenvalue weighted by Gasteiger charge is 2.53. The lowest BCUT2D eigenvalue weighted by Crippen LogP contribution is -2.62. The van der Waals surface area contributed by atoms with Gasteiger partial charge in [-0.1, -0.05) is 166 Å². The Morgan fingerprint density at radius 1 is 0.552 bits per heavy atom. The average molecular weight is 761 g/mol. The zero-order valence-electron chi connectivity index (χ0n) is 33.1. The van der Waals surface area contributed by atoms with Gasteiger partial charge in [-0.15, -0.1) is 11.3 Å². The number of fused-ring (bicyclic) bond motifs is 10. The highest BCUT2D eigenvalue weighted by Crippen LogP contribution is 2.60. The molecule has 0 radical (unpaired) electrons. The molecule has 4 heterocycles. The quantitative estimate of drug-likeness (QED) is 0.166. The van der Waals surface area contributed by atoms with E-state index in [0.29, 0.717) is 0 Å². The summed E-state index contributed by atoms with van der Waals surface area (Å²) < 4.78 is 2.66. The number of hydrogen-bond acceptors (Lipinski definition) is 3. The van der Waals surface area contributed by atoms with E-state index in [2.05, 4.69) is 213 Å². The molecular weight excluding hydrogens is 719 g/mol. The number of benzene rings is 8. The van der Waals surface area contributed by atoms with Crippen molar-refractivity contribution >= 4 is 77.7 Å². The molecule has 8 aromatic carbocycles. The fourth-order valence-electron chi connectivity index (χ4n) is 10.7. The van der Waals surface area contributed by atoms with Gasteiger partial charge in [-0.3, -0.25) is 0 Å². The fraction of sp³-hybridized carbons (Fsp3) is 0.111. The van der Waals surface area contributed by atoms with Crippen molar-refractivity contribution in [1.82, 2.24) is 0 Å². The lowest BCUT2D eigenvalue weighted by Gasteiger charge is -2.52. The Labute approximate surface area is 344 Å². The predicted molar refractivity (Wildman–Crippen MR) is 248 cm³/mol. The minimum atomic E-state index is -0.546. The predicted octanol–water partition coefficient (Wildman–Crippen LogP) is 13.1. The molecule has 0 aliphatic carbocycles. The molecular formula is C54H41BN2S. The van der Waals surface area contributed by atoms with Crippen molar-refractivity contribution in [3.8, 4) is 11.1 Å². The molecule has 276 valence electrons. The van der Waals surface area contributed by atoms with Crippen LogP contribution in [0.5, 0.6) is 0 Å². The van der Waals surface area contributed by atoms with E-state index < -0.39 is 5.41 Å². The van der Waals surface area contributed by atoms with E-state index in [-0.39, 0.29) is 12.3 Å². The Morgan fingerprint density at radius 2 is 1.22 bits per heavy atom. The van der Waals surface area contributed by atoms with Gasteiger partial charge in [0, 0.05) is 38.1 Å². The molecule has 3 aliphatic heterocycles. The minimum Gasteiger partial charge on any atom is -0.375 e. The van der Waals surface area contributed by atoms with Crippen LogP contribution >= 0.6 is 11.3 Å². The summed E-state index contributed by atoms with van der Waals surface area (Å²) in [7, 11) is 0. The number of para-hydroxylation sites is 2. The molecule has 0 fully saturated rings. The van der Waals surface area contributed by atoms with Crippen LogP contribution < -0.4 is 20.6 Å². The Morgan fingerprint density at radius 3 is 1.97 bits per heavy atom. The van der Waals surface area contributed by atoms with Gasteiger partial charge in [0.25, 0.3) is 0 Å². The first-order valence-electron chi connectivity index (χ1n) is 20.5. The van der Waals surface area contributed by atoms with Gasteiger partial charge >= 0.3 is 6.85 Å². The smallest absolute Gasteiger partial charge is 0.333 e. The first-order valence-corrected chi connectivity index (χ1v) is 21.3. The molecule has 0 saturated heterocycles. The summed E-state index contributed by atoms with van der Waals surface area (Å²) in [6.07, 6.45) is 0. The highest BCUT2D eigenvalue weighted by atomic mass is 32.1. The van der Waals surface area contributed by atoms with Crippen molar-refractivity contribution in [2.75, 3.05) is 9.71 Å². The van der Waals surface area contributed by atoms with Crippen molar-refractivity contribution in [2.24, 2.45) is 0 Å². The van der Waals surface area contributed by atoms with Crippen molar-refractivity contribution in [3.05, 3.63) is 209 Å². The second-order valence-electron chi connectivity index (χ2n) is 17.3. The summed E-state index contributed by atoms with van der Waals surface area (Å²) >= 11 is 1.93. The fourth-order valence-corrected chi connectivity index (χ4v) is 11.9. The largest absolute Gasteiger partial charge is 0.375 e. The monoisotopic (exact) mass is 760 g/mol. The molecule has 0 bridgehead atoms. The lowest BCUT2D eigenvalue weighted by atomic mass is 9.42. The molecule has 0 atom stereocenters. The van der Waals surface area contributed by atoms with E-state index in [9.17, 15) is 0 Å². The second-order valence-corrected chi connectivity index (χ2v) is 18.4. The minimum absolute atomic E-state index is 0.0455. The standard InChI is InChI=1S/C54H41BN2S/c1-34-32-42-40-30-31-41-39-20-11-14-25-48(39)58-52(41)50(40)57(38-28-26-35(27-29-38)53(2,3)4)55-45-23-15-22-44-51(45)56(47(33-34)49(42)55)46-24-13-12-21-43(46)54(44,36-16-7-5-8-17-36)37-18-9-6-10-19-37/h5-33H,1-4H3. The van der Waals surface area contributed by atoms with Crippen LogP contribution in [0.4, 0.5) is 28.4 Å². The number of rotatable bonds is 3. The van der Waals surface area contributed by atoms with Crippen LogP contribution in [-0.4, -0.2) is 6.85 Å². The van der Waals surface area contributed by atoms with Crippen molar-refractivity contribution < 1.29 is 0 Å². The summed E-state index contributed by atoms with van der Waals surface area (Å²) in [5, 5.41) is 2.64. The van der Waals surface area contributed by atoms with Crippen LogP contribution in [0.15, 0.2) is 176 Å². The zero-order valence-corrected chi connectivity index (χ0v) is 33.9. The van der Waals surface area contributed by atoms with E-state index >= 15 is 0 Å². The van der Waals surface area contributed by atoms with E-state index in [1.165, 1.54) is 104 Å².